The molecule has 2 rings (SSSR count). The first-order valence-electron chi connectivity index (χ1n) is 5.95. The molecule has 1 aromatic rings. The molecule has 0 aliphatic carbocycles. The SMILES string of the molecule is N#Cc1ccsc1NS(=O)(=O)N1CCCCC1C(=O)O. The molecule has 20 heavy (non-hydrogen) atoms. The molecule has 1 aliphatic heterocycles. The lowest BCUT2D eigenvalue weighted by molar-refractivity contribution is -0.142. The maximum atomic E-state index is 12.3. The normalized spacial score (nSPS) is 20.2. The first kappa shape index (κ1) is 14.8. The second-order valence-electron chi connectivity index (χ2n) is 4.34. The summed E-state index contributed by atoms with van der Waals surface area (Å²) in [6.07, 6.45) is 1.61. The number of carboxylic acid groups (broad SMARTS) is 1. The van der Waals surface area contributed by atoms with Gasteiger partial charge in [0.15, 0.2) is 0 Å². The molecule has 2 N–H and O–H groups in total. The fourth-order valence-corrected chi connectivity index (χ4v) is 4.54. The highest BCUT2D eigenvalue weighted by atomic mass is 32.2. The molecule has 1 unspecified atom stereocenters. The van der Waals surface area contributed by atoms with Gasteiger partial charge in [-0.3, -0.25) is 9.52 Å². The number of thiophene rings is 1. The maximum Gasteiger partial charge on any atom is 0.322 e. The van der Waals surface area contributed by atoms with Gasteiger partial charge in [0.05, 0.1) is 5.56 Å². The second-order valence-corrected chi connectivity index (χ2v) is 6.88. The average Bonchev–Trinajstić information content (AvgIpc) is 2.85. The van der Waals surface area contributed by atoms with Crippen LogP contribution >= 0.6 is 11.3 Å². The third kappa shape index (κ3) is 2.92. The van der Waals surface area contributed by atoms with Crippen molar-refractivity contribution in [1.82, 2.24) is 4.31 Å². The van der Waals surface area contributed by atoms with E-state index in [0.29, 0.717) is 19.3 Å². The number of nitriles is 1. The summed E-state index contributed by atoms with van der Waals surface area (Å²) in [5.74, 6) is -1.15. The molecule has 1 atom stereocenters. The van der Waals surface area contributed by atoms with Crippen LogP contribution in [0.2, 0.25) is 0 Å². The molecule has 9 heteroatoms. The van der Waals surface area contributed by atoms with Crippen molar-refractivity contribution < 1.29 is 18.3 Å². The molecule has 7 nitrogen and oxygen atoms in total. The molecule has 0 amide bonds. The van der Waals surface area contributed by atoms with Crippen LogP contribution in [0, 0.1) is 11.3 Å². The molecular weight excluding hydrogens is 302 g/mol. The van der Waals surface area contributed by atoms with Crippen molar-refractivity contribution in [2.24, 2.45) is 0 Å². The third-order valence-electron chi connectivity index (χ3n) is 3.05. The number of hydrogen-bond acceptors (Lipinski definition) is 5. The summed E-state index contributed by atoms with van der Waals surface area (Å²) in [7, 11) is -3.97. The Hall–Kier alpha value is -1.63. The van der Waals surface area contributed by atoms with Gasteiger partial charge < -0.3 is 5.11 Å². The molecule has 0 radical (unpaired) electrons. The van der Waals surface area contributed by atoms with E-state index in [9.17, 15) is 13.2 Å². The molecule has 1 aliphatic rings. The van der Waals surface area contributed by atoms with Crippen LogP contribution in [-0.4, -0.2) is 36.4 Å². The third-order valence-corrected chi connectivity index (χ3v) is 5.53. The van der Waals surface area contributed by atoms with Crippen molar-refractivity contribution in [3.63, 3.8) is 0 Å². The van der Waals surface area contributed by atoms with Gasteiger partial charge >= 0.3 is 16.2 Å². The minimum Gasteiger partial charge on any atom is -0.480 e. The lowest BCUT2D eigenvalue weighted by atomic mass is 10.1. The lowest BCUT2D eigenvalue weighted by Crippen LogP contribution is -2.49. The van der Waals surface area contributed by atoms with Crippen molar-refractivity contribution in [2.75, 3.05) is 11.3 Å². The summed E-state index contributed by atoms with van der Waals surface area (Å²) in [6, 6.07) is 2.34. The second kappa shape index (κ2) is 5.78. The highest BCUT2D eigenvalue weighted by Gasteiger charge is 2.37. The molecule has 1 saturated heterocycles. The minimum absolute atomic E-state index is 0.166. The highest BCUT2D eigenvalue weighted by Crippen LogP contribution is 2.27. The van der Waals surface area contributed by atoms with Gasteiger partial charge in [-0.05, 0) is 30.7 Å². The highest BCUT2D eigenvalue weighted by molar-refractivity contribution is 7.90. The predicted molar refractivity (Wildman–Crippen MR) is 73.6 cm³/mol. The molecule has 0 aromatic carbocycles. The van der Waals surface area contributed by atoms with E-state index in [4.69, 9.17) is 10.4 Å². The Morgan fingerprint density at radius 3 is 2.95 bits per heavy atom. The summed E-state index contributed by atoms with van der Waals surface area (Å²) >= 11 is 1.09. The van der Waals surface area contributed by atoms with Crippen LogP contribution in [0.5, 0.6) is 0 Å². The first-order chi connectivity index (χ1) is 9.45. The lowest BCUT2D eigenvalue weighted by Gasteiger charge is -2.31. The zero-order chi connectivity index (χ0) is 14.8. The summed E-state index contributed by atoms with van der Waals surface area (Å²) < 4.78 is 27.8. The quantitative estimate of drug-likeness (QED) is 0.867. The van der Waals surface area contributed by atoms with Gasteiger partial charge in [0.2, 0.25) is 0 Å². The molecule has 2 heterocycles. The smallest absolute Gasteiger partial charge is 0.322 e. The van der Waals surface area contributed by atoms with E-state index in [1.165, 1.54) is 6.07 Å². The zero-order valence-electron chi connectivity index (χ0n) is 10.4. The average molecular weight is 315 g/mol. The van der Waals surface area contributed by atoms with Crippen molar-refractivity contribution in [3.05, 3.63) is 17.0 Å². The number of carbonyl (C=O) groups is 1. The number of piperidine rings is 1. The Morgan fingerprint density at radius 2 is 2.30 bits per heavy atom. The van der Waals surface area contributed by atoms with Crippen LogP contribution in [0.3, 0.4) is 0 Å². The number of anilines is 1. The molecular formula is C11H13N3O4S2. The Balaban J connectivity index is 2.25. The van der Waals surface area contributed by atoms with Crippen LogP contribution in [0.25, 0.3) is 0 Å². The van der Waals surface area contributed by atoms with E-state index in [0.717, 1.165) is 15.6 Å². The van der Waals surface area contributed by atoms with Crippen molar-refractivity contribution in [3.8, 4) is 6.07 Å². The standard InChI is InChI=1S/C11H13N3O4S2/c12-7-8-4-6-19-10(8)13-20(17,18)14-5-2-1-3-9(14)11(15)16/h4,6,9,13H,1-3,5H2,(H,15,16). The largest absolute Gasteiger partial charge is 0.480 e. The summed E-state index contributed by atoms with van der Waals surface area (Å²) in [4.78, 5) is 11.2. The van der Waals surface area contributed by atoms with Crippen molar-refractivity contribution in [2.45, 2.75) is 25.3 Å². The maximum absolute atomic E-state index is 12.3. The molecule has 1 aromatic heterocycles. The van der Waals surface area contributed by atoms with Gasteiger partial charge in [-0.2, -0.15) is 18.0 Å². The number of rotatable bonds is 4. The van der Waals surface area contributed by atoms with Gasteiger partial charge in [0.1, 0.15) is 17.1 Å². The van der Waals surface area contributed by atoms with Gasteiger partial charge in [0.25, 0.3) is 0 Å². The Morgan fingerprint density at radius 1 is 1.55 bits per heavy atom. The van der Waals surface area contributed by atoms with E-state index in [1.807, 2.05) is 6.07 Å². The van der Waals surface area contributed by atoms with Crippen LogP contribution < -0.4 is 4.72 Å². The number of hydrogen-bond donors (Lipinski definition) is 2. The predicted octanol–water partition coefficient (Wildman–Crippen LogP) is 1.22. The summed E-state index contributed by atoms with van der Waals surface area (Å²) in [5.41, 5.74) is 0.224. The van der Waals surface area contributed by atoms with Gasteiger partial charge in [-0.1, -0.05) is 0 Å². The molecule has 0 bridgehead atoms. The van der Waals surface area contributed by atoms with E-state index >= 15 is 0 Å². The zero-order valence-corrected chi connectivity index (χ0v) is 12.1. The van der Waals surface area contributed by atoms with Gasteiger partial charge in [-0.25, -0.2) is 0 Å². The molecule has 0 saturated carbocycles. The molecule has 1 fully saturated rings. The van der Waals surface area contributed by atoms with Crippen LogP contribution in [0.4, 0.5) is 5.00 Å². The Bertz CT molecular complexity index is 647. The Kier molecular flexibility index (Phi) is 4.27. The Labute approximate surface area is 120 Å². The first-order valence-corrected chi connectivity index (χ1v) is 8.27. The molecule has 108 valence electrons. The van der Waals surface area contributed by atoms with E-state index in [2.05, 4.69) is 4.72 Å². The monoisotopic (exact) mass is 315 g/mol. The molecule has 0 spiro atoms. The van der Waals surface area contributed by atoms with Crippen LogP contribution in [0.1, 0.15) is 24.8 Å². The van der Waals surface area contributed by atoms with Crippen LogP contribution in [0.15, 0.2) is 11.4 Å². The van der Waals surface area contributed by atoms with Gasteiger partial charge in [-0.15, -0.1) is 11.3 Å². The number of carboxylic acids is 1. The number of nitrogens with one attached hydrogen (secondary N) is 1. The van der Waals surface area contributed by atoms with Crippen molar-refractivity contribution >= 4 is 32.5 Å². The number of aliphatic carboxylic acids is 1. The summed E-state index contributed by atoms with van der Waals surface area (Å²) in [6.45, 7) is 0.166. The van der Waals surface area contributed by atoms with E-state index in [-0.39, 0.29) is 17.1 Å². The fraction of sp³-hybridized carbons (Fsp3) is 0.455. The summed E-state index contributed by atoms with van der Waals surface area (Å²) in [5, 5.41) is 19.8. The van der Waals surface area contributed by atoms with E-state index < -0.39 is 22.2 Å². The minimum atomic E-state index is -3.97. The van der Waals surface area contributed by atoms with E-state index in [1.54, 1.807) is 5.38 Å². The van der Waals surface area contributed by atoms with Crippen molar-refractivity contribution in [1.29, 1.82) is 5.26 Å². The number of nitrogens with zero attached hydrogens (tertiary/aromatic N) is 2. The van der Waals surface area contributed by atoms with Gasteiger partial charge in [0, 0.05) is 6.54 Å². The van der Waals surface area contributed by atoms with Crippen LogP contribution in [-0.2, 0) is 15.0 Å². The topological polar surface area (TPSA) is 111 Å². The fourth-order valence-electron chi connectivity index (χ4n) is 2.09.